The van der Waals surface area contributed by atoms with Crippen molar-refractivity contribution >= 4 is 0 Å². The van der Waals surface area contributed by atoms with E-state index in [1.165, 1.54) is 16.7 Å². The highest BCUT2D eigenvalue weighted by Gasteiger charge is 2.06. The van der Waals surface area contributed by atoms with Crippen molar-refractivity contribution in [3.05, 3.63) is 53.3 Å². The van der Waals surface area contributed by atoms with Crippen LogP contribution in [-0.2, 0) is 26.6 Å². The molecule has 0 unspecified atom stereocenters. The number of hydrogen-bond acceptors (Lipinski definition) is 3. The molecule has 0 radical (unpaired) electrons. The van der Waals surface area contributed by atoms with Gasteiger partial charge >= 0.3 is 0 Å². The second kappa shape index (κ2) is 6.50. The number of nitrogens with two attached hydrogens (primary N) is 1. The van der Waals surface area contributed by atoms with Gasteiger partial charge in [-0.1, -0.05) is 24.3 Å². The number of nitrogens with zero attached hydrogens (tertiary/aromatic N) is 3. The van der Waals surface area contributed by atoms with Gasteiger partial charge in [0.15, 0.2) is 0 Å². The van der Waals surface area contributed by atoms with Crippen LogP contribution < -0.4 is 5.73 Å². The predicted molar refractivity (Wildman–Crippen MR) is 77.6 cm³/mol. The summed E-state index contributed by atoms with van der Waals surface area (Å²) in [6.45, 7) is 2.54. The average molecular weight is 258 g/mol. The smallest absolute Gasteiger partial charge is 0.0534 e. The van der Waals surface area contributed by atoms with Crippen LogP contribution in [0.4, 0.5) is 0 Å². The topological polar surface area (TPSA) is 47.1 Å². The summed E-state index contributed by atoms with van der Waals surface area (Å²) in [5.74, 6) is 0. The molecular weight excluding hydrogens is 236 g/mol. The summed E-state index contributed by atoms with van der Waals surface area (Å²) >= 11 is 0. The summed E-state index contributed by atoms with van der Waals surface area (Å²) in [5.41, 5.74) is 9.61. The van der Waals surface area contributed by atoms with E-state index in [2.05, 4.69) is 47.5 Å². The highest BCUT2D eigenvalue weighted by Crippen LogP contribution is 2.13. The number of benzene rings is 1. The largest absolute Gasteiger partial charge is 0.330 e. The van der Waals surface area contributed by atoms with E-state index in [1.807, 2.05) is 17.9 Å². The van der Waals surface area contributed by atoms with Gasteiger partial charge in [-0.2, -0.15) is 5.10 Å². The maximum atomic E-state index is 5.66. The van der Waals surface area contributed by atoms with E-state index in [9.17, 15) is 0 Å². The van der Waals surface area contributed by atoms with Gasteiger partial charge in [0.1, 0.15) is 0 Å². The van der Waals surface area contributed by atoms with E-state index in [0.29, 0.717) is 6.54 Å². The lowest BCUT2D eigenvalue weighted by atomic mass is 10.0. The van der Waals surface area contributed by atoms with Gasteiger partial charge in [0.05, 0.1) is 6.20 Å². The lowest BCUT2D eigenvalue weighted by Gasteiger charge is -2.18. The molecule has 0 saturated heterocycles. The molecule has 0 saturated carbocycles. The second-order valence-corrected chi connectivity index (χ2v) is 5.00. The zero-order chi connectivity index (χ0) is 13.7. The molecule has 1 aromatic carbocycles. The van der Waals surface area contributed by atoms with Crippen molar-refractivity contribution in [2.45, 2.75) is 19.5 Å². The molecule has 1 heterocycles. The van der Waals surface area contributed by atoms with Gasteiger partial charge in [-0.05, 0) is 31.1 Å². The summed E-state index contributed by atoms with van der Waals surface area (Å²) in [5, 5.41) is 4.20. The first-order valence-corrected chi connectivity index (χ1v) is 6.62. The van der Waals surface area contributed by atoms with Crippen molar-refractivity contribution in [1.82, 2.24) is 14.7 Å². The van der Waals surface area contributed by atoms with Crippen molar-refractivity contribution in [3.8, 4) is 0 Å². The standard InChI is InChI=1S/C15H22N4/c1-18(10-13-9-17-19(2)11-13)12-15-6-4-3-5-14(15)7-8-16/h3-6,9,11H,7-8,10,12,16H2,1-2H3. The van der Waals surface area contributed by atoms with Crippen molar-refractivity contribution < 1.29 is 0 Å². The summed E-state index contributed by atoms with van der Waals surface area (Å²) in [6.07, 6.45) is 4.92. The van der Waals surface area contributed by atoms with Crippen molar-refractivity contribution in [2.24, 2.45) is 12.8 Å². The van der Waals surface area contributed by atoms with Crippen molar-refractivity contribution in [1.29, 1.82) is 0 Å². The third kappa shape index (κ3) is 3.91. The van der Waals surface area contributed by atoms with E-state index in [-0.39, 0.29) is 0 Å². The summed E-state index contributed by atoms with van der Waals surface area (Å²) in [4.78, 5) is 2.30. The SMILES string of the molecule is CN(Cc1cnn(C)c1)Cc1ccccc1CCN. The summed E-state index contributed by atoms with van der Waals surface area (Å²) in [7, 11) is 4.08. The third-order valence-electron chi connectivity index (χ3n) is 3.18. The zero-order valence-electron chi connectivity index (χ0n) is 11.7. The minimum Gasteiger partial charge on any atom is -0.330 e. The Morgan fingerprint density at radius 3 is 2.58 bits per heavy atom. The monoisotopic (exact) mass is 258 g/mol. The van der Waals surface area contributed by atoms with E-state index >= 15 is 0 Å². The number of hydrogen-bond donors (Lipinski definition) is 1. The molecule has 0 spiro atoms. The molecule has 0 bridgehead atoms. The first-order valence-electron chi connectivity index (χ1n) is 6.62. The van der Waals surface area contributed by atoms with Crippen LogP contribution in [0.1, 0.15) is 16.7 Å². The Morgan fingerprint density at radius 1 is 1.21 bits per heavy atom. The number of rotatable bonds is 6. The van der Waals surface area contributed by atoms with Gasteiger partial charge in [-0.25, -0.2) is 0 Å². The Hall–Kier alpha value is -1.65. The van der Waals surface area contributed by atoms with E-state index in [1.54, 1.807) is 0 Å². The van der Waals surface area contributed by atoms with Gasteiger partial charge in [-0.15, -0.1) is 0 Å². The fourth-order valence-electron chi connectivity index (χ4n) is 2.32. The molecule has 4 heteroatoms. The van der Waals surface area contributed by atoms with Crippen LogP contribution in [0, 0.1) is 0 Å². The Morgan fingerprint density at radius 2 is 1.95 bits per heavy atom. The fourth-order valence-corrected chi connectivity index (χ4v) is 2.32. The Bertz CT molecular complexity index is 518. The van der Waals surface area contributed by atoms with Crippen molar-refractivity contribution in [3.63, 3.8) is 0 Å². The highest BCUT2D eigenvalue weighted by atomic mass is 15.2. The summed E-state index contributed by atoms with van der Waals surface area (Å²) in [6, 6.07) is 8.52. The lowest BCUT2D eigenvalue weighted by molar-refractivity contribution is 0.318. The minimum absolute atomic E-state index is 0.698. The Balaban J connectivity index is 2.00. The second-order valence-electron chi connectivity index (χ2n) is 5.00. The molecule has 0 atom stereocenters. The van der Waals surface area contributed by atoms with Crippen LogP contribution in [0.2, 0.25) is 0 Å². The van der Waals surface area contributed by atoms with Crippen LogP contribution in [0.15, 0.2) is 36.7 Å². The van der Waals surface area contributed by atoms with E-state index in [0.717, 1.165) is 19.5 Å². The first-order chi connectivity index (χ1) is 9.19. The van der Waals surface area contributed by atoms with Gasteiger partial charge in [0.2, 0.25) is 0 Å². The molecule has 19 heavy (non-hydrogen) atoms. The molecule has 0 aliphatic heterocycles. The lowest BCUT2D eigenvalue weighted by Crippen LogP contribution is -2.18. The molecule has 0 amide bonds. The van der Waals surface area contributed by atoms with Crippen LogP contribution >= 0.6 is 0 Å². The van der Waals surface area contributed by atoms with Gasteiger partial charge in [-0.3, -0.25) is 9.58 Å². The Kier molecular flexibility index (Phi) is 4.71. The first kappa shape index (κ1) is 13.8. The van der Waals surface area contributed by atoms with Gasteiger partial charge in [0.25, 0.3) is 0 Å². The molecular formula is C15H22N4. The van der Waals surface area contributed by atoms with Crippen LogP contribution in [0.5, 0.6) is 0 Å². The number of aryl methyl sites for hydroxylation is 1. The average Bonchev–Trinajstić information content (AvgIpc) is 2.77. The van der Waals surface area contributed by atoms with Crippen LogP contribution in [0.25, 0.3) is 0 Å². The molecule has 0 aliphatic rings. The number of aromatic nitrogens is 2. The van der Waals surface area contributed by atoms with E-state index < -0.39 is 0 Å². The molecule has 2 rings (SSSR count). The summed E-state index contributed by atoms with van der Waals surface area (Å²) < 4.78 is 1.84. The molecule has 2 N–H and O–H groups in total. The van der Waals surface area contributed by atoms with Crippen molar-refractivity contribution in [2.75, 3.05) is 13.6 Å². The normalized spacial score (nSPS) is 11.2. The van der Waals surface area contributed by atoms with Crippen LogP contribution in [0.3, 0.4) is 0 Å². The molecule has 0 aliphatic carbocycles. The van der Waals surface area contributed by atoms with Gasteiger partial charge < -0.3 is 5.73 Å². The molecule has 0 fully saturated rings. The van der Waals surface area contributed by atoms with Gasteiger partial charge in [0, 0.05) is 31.9 Å². The molecule has 102 valence electrons. The zero-order valence-corrected chi connectivity index (χ0v) is 11.7. The molecule has 4 nitrogen and oxygen atoms in total. The van der Waals surface area contributed by atoms with Crippen LogP contribution in [-0.4, -0.2) is 28.3 Å². The quantitative estimate of drug-likeness (QED) is 0.855. The highest BCUT2D eigenvalue weighted by molar-refractivity contribution is 5.27. The molecule has 1 aromatic heterocycles. The maximum absolute atomic E-state index is 5.66. The van der Waals surface area contributed by atoms with E-state index in [4.69, 9.17) is 5.73 Å². The predicted octanol–water partition coefficient (Wildman–Crippen LogP) is 1.55. The fraction of sp³-hybridized carbons (Fsp3) is 0.400. The Labute approximate surface area is 114 Å². The third-order valence-corrected chi connectivity index (χ3v) is 3.18. The molecule has 2 aromatic rings. The minimum atomic E-state index is 0.698. The maximum Gasteiger partial charge on any atom is 0.0534 e.